The number of hydrogen-bond acceptors (Lipinski definition) is 5. The molecule has 0 atom stereocenters. The van der Waals surface area contributed by atoms with Crippen molar-refractivity contribution in [2.24, 2.45) is 0 Å². The molecule has 0 bridgehead atoms. The minimum Gasteiger partial charge on any atom is -0.423 e. The zero-order valence-electron chi connectivity index (χ0n) is 18.1. The second-order valence-electron chi connectivity index (χ2n) is 8.00. The Morgan fingerprint density at radius 1 is 0.618 bits per heavy atom. The molecule has 6 nitrogen and oxygen atoms in total. The number of rotatable bonds is 4. The van der Waals surface area contributed by atoms with Crippen LogP contribution in [0, 0.1) is 0 Å². The summed E-state index contributed by atoms with van der Waals surface area (Å²) in [5.41, 5.74) is 5.84. The van der Waals surface area contributed by atoms with Crippen molar-refractivity contribution in [3.8, 4) is 28.5 Å². The van der Waals surface area contributed by atoms with Crippen LogP contribution in [0.4, 0.5) is 0 Å². The summed E-state index contributed by atoms with van der Waals surface area (Å²) in [6, 6.07) is 29.0. The molecule has 4 heterocycles. The monoisotopic (exact) mass is 442 g/mol. The largest absolute Gasteiger partial charge is 0.490 e. The third kappa shape index (κ3) is 3.35. The van der Waals surface area contributed by atoms with Crippen LogP contribution >= 0.6 is 0 Å². The number of hydrogen-bond donors (Lipinski definition) is 2. The van der Waals surface area contributed by atoms with Gasteiger partial charge in [-0.25, -0.2) is 4.98 Å². The Hall–Kier alpha value is -4.33. The van der Waals surface area contributed by atoms with Crippen LogP contribution in [0.3, 0.4) is 0 Å². The van der Waals surface area contributed by atoms with Crippen LogP contribution in [0.25, 0.3) is 50.3 Å². The lowest BCUT2D eigenvalue weighted by Gasteiger charge is -2.14. The standard InChI is InChI=1S/C27H19BN4O2/c33-28(34)21-10-7-9-20-19-8-1-2-13-26(19)32(27(20)21)18-16-24(22-11-3-5-14-29-22)31-25(17-18)23-12-4-6-15-30-23/h1-17,33-34H. The first-order valence-corrected chi connectivity index (χ1v) is 10.9. The fraction of sp³-hybridized carbons (Fsp3) is 0. The maximum Gasteiger partial charge on any atom is 0.490 e. The summed E-state index contributed by atoms with van der Waals surface area (Å²) in [5.74, 6) is 0. The van der Waals surface area contributed by atoms with E-state index in [1.165, 1.54) is 0 Å². The fourth-order valence-electron chi connectivity index (χ4n) is 4.46. The summed E-state index contributed by atoms with van der Waals surface area (Å²) in [7, 11) is -1.61. The lowest BCUT2D eigenvalue weighted by Crippen LogP contribution is -2.31. The van der Waals surface area contributed by atoms with Gasteiger partial charge < -0.3 is 14.6 Å². The third-order valence-electron chi connectivity index (χ3n) is 5.93. The van der Waals surface area contributed by atoms with Crippen LogP contribution < -0.4 is 5.46 Å². The Kier molecular flexibility index (Phi) is 4.91. The Labute approximate surface area is 196 Å². The average Bonchev–Trinajstić information content (AvgIpc) is 3.24. The molecule has 6 aromatic rings. The van der Waals surface area contributed by atoms with Crippen LogP contribution in [-0.2, 0) is 0 Å². The molecule has 0 unspecified atom stereocenters. The molecule has 0 radical (unpaired) electrons. The number of nitrogens with zero attached hydrogens (tertiary/aromatic N) is 4. The molecule has 0 aliphatic heterocycles. The zero-order chi connectivity index (χ0) is 23.1. The molecule has 0 aliphatic carbocycles. The minimum absolute atomic E-state index is 0.435. The number of benzene rings is 2. The van der Waals surface area contributed by atoms with E-state index in [0.29, 0.717) is 16.9 Å². The Bertz CT molecular complexity index is 1580. The highest BCUT2D eigenvalue weighted by Gasteiger charge is 2.22. The van der Waals surface area contributed by atoms with E-state index in [4.69, 9.17) is 4.98 Å². The van der Waals surface area contributed by atoms with Gasteiger partial charge in [0, 0.05) is 28.6 Å². The van der Waals surface area contributed by atoms with Crippen molar-refractivity contribution in [2.75, 3.05) is 0 Å². The number of para-hydroxylation sites is 2. The van der Waals surface area contributed by atoms with Crippen molar-refractivity contribution in [3.63, 3.8) is 0 Å². The van der Waals surface area contributed by atoms with Gasteiger partial charge in [0.2, 0.25) is 0 Å². The molecular formula is C27H19BN4O2. The van der Waals surface area contributed by atoms with Gasteiger partial charge in [-0.2, -0.15) is 0 Å². The normalized spacial score (nSPS) is 11.2. The quantitative estimate of drug-likeness (QED) is 0.404. The van der Waals surface area contributed by atoms with Crippen LogP contribution in [0.15, 0.2) is 103 Å². The van der Waals surface area contributed by atoms with Gasteiger partial charge in [-0.15, -0.1) is 0 Å². The highest BCUT2D eigenvalue weighted by molar-refractivity contribution is 6.62. The smallest absolute Gasteiger partial charge is 0.423 e. The Morgan fingerprint density at radius 2 is 1.24 bits per heavy atom. The van der Waals surface area contributed by atoms with Gasteiger partial charge in [0.15, 0.2) is 0 Å². The first kappa shape index (κ1) is 20.3. The van der Waals surface area contributed by atoms with E-state index in [-0.39, 0.29) is 0 Å². The van der Waals surface area contributed by atoms with Crippen molar-refractivity contribution in [1.82, 2.24) is 19.5 Å². The van der Waals surface area contributed by atoms with Crippen LogP contribution in [-0.4, -0.2) is 36.7 Å². The molecule has 2 aromatic carbocycles. The van der Waals surface area contributed by atoms with E-state index < -0.39 is 7.12 Å². The lowest BCUT2D eigenvalue weighted by atomic mass is 9.79. The molecule has 2 N–H and O–H groups in total. The van der Waals surface area contributed by atoms with Crippen molar-refractivity contribution in [3.05, 3.63) is 103 Å². The van der Waals surface area contributed by atoms with E-state index in [1.807, 2.05) is 84.9 Å². The van der Waals surface area contributed by atoms with E-state index in [2.05, 4.69) is 14.5 Å². The summed E-state index contributed by atoms with van der Waals surface area (Å²) in [4.78, 5) is 13.9. The second kappa shape index (κ2) is 8.22. The molecule has 6 rings (SSSR count). The first-order chi connectivity index (χ1) is 16.7. The predicted octanol–water partition coefficient (Wildman–Crippen LogP) is 3.98. The summed E-state index contributed by atoms with van der Waals surface area (Å²) >= 11 is 0. The summed E-state index contributed by atoms with van der Waals surface area (Å²) < 4.78 is 2.06. The predicted molar refractivity (Wildman–Crippen MR) is 135 cm³/mol. The third-order valence-corrected chi connectivity index (χ3v) is 5.93. The maximum absolute atomic E-state index is 10.2. The van der Waals surface area contributed by atoms with Gasteiger partial charge in [0.1, 0.15) is 0 Å². The van der Waals surface area contributed by atoms with Crippen molar-refractivity contribution >= 4 is 34.4 Å². The van der Waals surface area contributed by atoms with E-state index in [1.54, 1.807) is 18.5 Å². The van der Waals surface area contributed by atoms with E-state index in [0.717, 1.165) is 38.9 Å². The maximum atomic E-state index is 10.2. The molecule has 0 saturated carbocycles. The van der Waals surface area contributed by atoms with Crippen LogP contribution in [0.1, 0.15) is 0 Å². The molecule has 0 saturated heterocycles. The van der Waals surface area contributed by atoms with Gasteiger partial charge in [-0.3, -0.25) is 9.97 Å². The first-order valence-electron chi connectivity index (χ1n) is 10.9. The van der Waals surface area contributed by atoms with E-state index >= 15 is 0 Å². The number of aromatic nitrogens is 4. The number of fused-ring (bicyclic) bond motifs is 3. The highest BCUT2D eigenvalue weighted by Crippen LogP contribution is 2.33. The van der Waals surface area contributed by atoms with E-state index in [9.17, 15) is 10.0 Å². The molecule has 0 fully saturated rings. The molecule has 162 valence electrons. The Morgan fingerprint density at radius 3 is 1.85 bits per heavy atom. The molecule has 0 spiro atoms. The van der Waals surface area contributed by atoms with Gasteiger partial charge >= 0.3 is 7.12 Å². The molecule has 4 aromatic heterocycles. The SMILES string of the molecule is OB(O)c1cccc2c3ccccc3n(-c3cc(-c4ccccn4)nc(-c4ccccn4)c3)c12. The topological polar surface area (TPSA) is 84.1 Å². The molecule has 7 heteroatoms. The van der Waals surface area contributed by atoms with Crippen molar-refractivity contribution < 1.29 is 10.0 Å². The van der Waals surface area contributed by atoms with Gasteiger partial charge in [0.05, 0.1) is 39.5 Å². The van der Waals surface area contributed by atoms with Gasteiger partial charge in [-0.1, -0.05) is 48.5 Å². The summed E-state index contributed by atoms with van der Waals surface area (Å²) in [5, 5.41) is 22.4. The fourth-order valence-corrected chi connectivity index (χ4v) is 4.46. The van der Waals surface area contributed by atoms with Crippen molar-refractivity contribution in [2.45, 2.75) is 0 Å². The molecule has 34 heavy (non-hydrogen) atoms. The average molecular weight is 442 g/mol. The molecule has 0 aliphatic rings. The Balaban J connectivity index is 1.73. The lowest BCUT2D eigenvalue weighted by molar-refractivity contribution is 0.426. The van der Waals surface area contributed by atoms with Crippen LogP contribution in [0.2, 0.25) is 0 Å². The number of pyridine rings is 3. The highest BCUT2D eigenvalue weighted by atomic mass is 16.4. The van der Waals surface area contributed by atoms with Gasteiger partial charge in [-0.05, 0) is 42.5 Å². The molecule has 0 amide bonds. The van der Waals surface area contributed by atoms with Crippen molar-refractivity contribution in [1.29, 1.82) is 0 Å². The van der Waals surface area contributed by atoms with Crippen LogP contribution in [0.5, 0.6) is 0 Å². The minimum atomic E-state index is -1.61. The van der Waals surface area contributed by atoms with Gasteiger partial charge in [0.25, 0.3) is 0 Å². The summed E-state index contributed by atoms with van der Waals surface area (Å²) in [6.45, 7) is 0. The summed E-state index contributed by atoms with van der Waals surface area (Å²) in [6.07, 6.45) is 3.48. The molecular weight excluding hydrogens is 423 g/mol. The second-order valence-corrected chi connectivity index (χ2v) is 8.00. The zero-order valence-corrected chi connectivity index (χ0v) is 18.1.